The normalized spacial score (nSPS) is 20.3. The number of carbonyl (C=O) groups is 1. The second kappa shape index (κ2) is 8.67. The molecule has 0 unspecified atom stereocenters. The molecule has 0 N–H and O–H groups in total. The van der Waals surface area contributed by atoms with Crippen LogP contribution in [-0.2, 0) is 9.53 Å². The van der Waals surface area contributed by atoms with Gasteiger partial charge in [-0.3, -0.25) is 14.7 Å². The molecule has 2 aliphatic rings. The quantitative estimate of drug-likeness (QED) is 0.789. The first-order chi connectivity index (χ1) is 13.7. The van der Waals surface area contributed by atoms with Gasteiger partial charge in [0.25, 0.3) is 0 Å². The minimum Gasteiger partial charge on any atom is -0.497 e. The summed E-state index contributed by atoms with van der Waals surface area (Å²) in [5, 5.41) is 0. The molecule has 4 rings (SSSR count). The highest BCUT2D eigenvalue weighted by atomic mass is 16.5. The van der Waals surface area contributed by atoms with E-state index in [1.54, 1.807) is 19.5 Å². The molecule has 148 valence electrons. The number of morpholine rings is 1. The summed E-state index contributed by atoms with van der Waals surface area (Å²) < 4.78 is 11.2. The van der Waals surface area contributed by atoms with Gasteiger partial charge in [-0.05, 0) is 37.1 Å². The molecule has 3 heterocycles. The molecule has 1 aromatic carbocycles. The van der Waals surface area contributed by atoms with Crippen molar-refractivity contribution in [3.05, 3.63) is 42.4 Å². The lowest BCUT2D eigenvalue weighted by Crippen LogP contribution is -2.45. The first-order valence-corrected chi connectivity index (χ1v) is 9.81. The number of hydrogen-bond acceptors (Lipinski definition) is 6. The number of aromatic nitrogens is 2. The van der Waals surface area contributed by atoms with Gasteiger partial charge >= 0.3 is 0 Å². The van der Waals surface area contributed by atoms with Gasteiger partial charge in [-0.25, -0.2) is 4.98 Å². The molecular formula is C21H26N4O3. The zero-order valence-electron chi connectivity index (χ0n) is 16.2. The molecular weight excluding hydrogens is 356 g/mol. The molecule has 1 amide bonds. The van der Waals surface area contributed by atoms with Gasteiger partial charge < -0.3 is 14.4 Å². The van der Waals surface area contributed by atoms with Crippen LogP contribution in [0.2, 0.25) is 0 Å². The third kappa shape index (κ3) is 4.31. The number of carbonyl (C=O) groups excluding carboxylic acids is 1. The Morgan fingerprint density at radius 3 is 2.71 bits per heavy atom. The van der Waals surface area contributed by atoms with E-state index in [1.165, 1.54) is 0 Å². The van der Waals surface area contributed by atoms with Crippen molar-refractivity contribution in [1.29, 1.82) is 0 Å². The van der Waals surface area contributed by atoms with Crippen LogP contribution >= 0.6 is 0 Å². The Kier molecular flexibility index (Phi) is 5.83. The number of benzene rings is 1. The Labute approximate surface area is 165 Å². The van der Waals surface area contributed by atoms with E-state index in [2.05, 4.69) is 9.88 Å². The molecule has 0 spiro atoms. The van der Waals surface area contributed by atoms with Crippen LogP contribution in [0.15, 0.2) is 36.7 Å². The van der Waals surface area contributed by atoms with Gasteiger partial charge in [0, 0.05) is 31.7 Å². The second-order valence-electron chi connectivity index (χ2n) is 7.24. The van der Waals surface area contributed by atoms with Crippen molar-refractivity contribution in [3.8, 4) is 17.0 Å². The third-order valence-corrected chi connectivity index (χ3v) is 5.34. The van der Waals surface area contributed by atoms with Crippen LogP contribution in [0.25, 0.3) is 11.3 Å². The number of amides is 1. The molecule has 2 fully saturated rings. The fourth-order valence-electron chi connectivity index (χ4n) is 3.72. The first kappa shape index (κ1) is 18.8. The zero-order valence-corrected chi connectivity index (χ0v) is 16.2. The molecule has 0 saturated carbocycles. The Morgan fingerprint density at radius 1 is 1.18 bits per heavy atom. The zero-order chi connectivity index (χ0) is 19.3. The van der Waals surface area contributed by atoms with E-state index in [0.717, 1.165) is 55.2 Å². The van der Waals surface area contributed by atoms with Gasteiger partial charge in [0.15, 0.2) is 0 Å². The number of ether oxygens (including phenoxy) is 2. The molecule has 0 radical (unpaired) electrons. The Balaban J connectivity index is 1.43. The van der Waals surface area contributed by atoms with Crippen LogP contribution in [0.4, 0.5) is 0 Å². The van der Waals surface area contributed by atoms with Crippen LogP contribution in [-0.4, -0.2) is 72.1 Å². The number of methoxy groups -OCH3 is 1. The van der Waals surface area contributed by atoms with Crippen LogP contribution < -0.4 is 4.74 Å². The van der Waals surface area contributed by atoms with Crippen molar-refractivity contribution in [1.82, 2.24) is 19.8 Å². The second-order valence-corrected chi connectivity index (χ2v) is 7.24. The number of hydrogen-bond donors (Lipinski definition) is 0. The topological polar surface area (TPSA) is 67.8 Å². The molecule has 0 bridgehead atoms. The molecule has 2 aromatic rings. The van der Waals surface area contributed by atoms with E-state index in [4.69, 9.17) is 14.5 Å². The Bertz CT molecular complexity index is 806. The van der Waals surface area contributed by atoms with Gasteiger partial charge in [-0.1, -0.05) is 0 Å². The predicted molar refractivity (Wildman–Crippen MR) is 105 cm³/mol. The average molecular weight is 382 g/mol. The SMILES string of the molecule is COc1ccc(-c2cncc([C@H]3CN(CC(=O)N4CCCC4)CCO3)n2)cc1. The monoisotopic (exact) mass is 382 g/mol. The lowest BCUT2D eigenvalue weighted by atomic mass is 10.1. The predicted octanol–water partition coefficient (Wildman–Crippen LogP) is 2.15. The van der Waals surface area contributed by atoms with Gasteiger partial charge in [0.2, 0.25) is 5.91 Å². The van der Waals surface area contributed by atoms with Crippen molar-refractivity contribution in [2.75, 3.05) is 46.4 Å². The van der Waals surface area contributed by atoms with Crippen molar-refractivity contribution >= 4 is 5.91 Å². The summed E-state index contributed by atoms with van der Waals surface area (Å²) in [5.74, 6) is 1.03. The number of nitrogens with zero attached hydrogens (tertiary/aromatic N) is 4. The van der Waals surface area contributed by atoms with E-state index in [9.17, 15) is 4.79 Å². The number of likely N-dealkylation sites (tertiary alicyclic amines) is 1. The van der Waals surface area contributed by atoms with E-state index in [-0.39, 0.29) is 12.0 Å². The minimum atomic E-state index is -0.175. The lowest BCUT2D eigenvalue weighted by Gasteiger charge is -2.33. The summed E-state index contributed by atoms with van der Waals surface area (Å²) >= 11 is 0. The summed E-state index contributed by atoms with van der Waals surface area (Å²) in [6.07, 6.45) is 5.56. The summed E-state index contributed by atoms with van der Waals surface area (Å²) in [4.78, 5) is 25.7. The summed E-state index contributed by atoms with van der Waals surface area (Å²) in [7, 11) is 1.65. The van der Waals surface area contributed by atoms with Crippen LogP contribution in [0.5, 0.6) is 5.75 Å². The van der Waals surface area contributed by atoms with Crippen molar-refractivity contribution in [2.24, 2.45) is 0 Å². The van der Waals surface area contributed by atoms with Crippen molar-refractivity contribution in [2.45, 2.75) is 18.9 Å². The first-order valence-electron chi connectivity index (χ1n) is 9.81. The van der Waals surface area contributed by atoms with Gasteiger partial charge in [0.05, 0.1) is 44.0 Å². The Hall–Kier alpha value is -2.51. The molecule has 2 aliphatic heterocycles. The van der Waals surface area contributed by atoms with E-state index < -0.39 is 0 Å². The minimum absolute atomic E-state index is 0.175. The highest BCUT2D eigenvalue weighted by molar-refractivity contribution is 5.78. The van der Waals surface area contributed by atoms with E-state index in [1.807, 2.05) is 29.2 Å². The largest absolute Gasteiger partial charge is 0.497 e. The molecule has 28 heavy (non-hydrogen) atoms. The highest BCUT2D eigenvalue weighted by Gasteiger charge is 2.27. The summed E-state index contributed by atoms with van der Waals surface area (Å²) in [5.41, 5.74) is 2.58. The van der Waals surface area contributed by atoms with Crippen LogP contribution in [0, 0.1) is 0 Å². The van der Waals surface area contributed by atoms with Gasteiger partial charge in [-0.2, -0.15) is 0 Å². The highest BCUT2D eigenvalue weighted by Crippen LogP contribution is 2.24. The maximum Gasteiger partial charge on any atom is 0.236 e. The maximum absolute atomic E-state index is 12.5. The summed E-state index contributed by atoms with van der Waals surface area (Å²) in [6.45, 7) is 4.24. The van der Waals surface area contributed by atoms with Crippen LogP contribution in [0.1, 0.15) is 24.6 Å². The standard InChI is InChI=1S/C21H26N4O3/c1-27-17-6-4-16(5-7-17)18-12-22-13-19(23-18)20-14-24(10-11-28-20)15-21(26)25-8-2-3-9-25/h4-7,12-13,20H,2-3,8-11,14-15H2,1H3/t20-/m1/s1. The molecule has 7 nitrogen and oxygen atoms in total. The summed E-state index contributed by atoms with van der Waals surface area (Å²) in [6, 6.07) is 7.75. The van der Waals surface area contributed by atoms with E-state index >= 15 is 0 Å². The smallest absolute Gasteiger partial charge is 0.236 e. The molecule has 1 aromatic heterocycles. The Morgan fingerprint density at radius 2 is 1.96 bits per heavy atom. The molecule has 0 aliphatic carbocycles. The van der Waals surface area contributed by atoms with Crippen molar-refractivity contribution in [3.63, 3.8) is 0 Å². The van der Waals surface area contributed by atoms with Crippen molar-refractivity contribution < 1.29 is 14.3 Å². The van der Waals surface area contributed by atoms with Gasteiger partial charge in [0.1, 0.15) is 11.9 Å². The van der Waals surface area contributed by atoms with E-state index in [0.29, 0.717) is 19.7 Å². The average Bonchev–Trinajstić information content (AvgIpc) is 3.29. The fourth-order valence-corrected chi connectivity index (χ4v) is 3.72. The fraction of sp³-hybridized carbons (Fsp3) is 0.476. The van der Waals surface area contributed by atoms with Gasteiger partial charge in [-0.15, -0.1) is 0 Å². The molecule has 7 heteroatoms. The maximum atomic E-state index is 12.5. The third-order valence-electron chi connectivity index (χ3n) is 5.34. The molecule has 2 saturated heterocycles. The molecule has 1 atom stereocenters. The number of rotatable bonds is 5. The lowest BCUT2D eigenvalue weighted by molar-refractivity contribution is -0.133. The van der Waals surface area contributed by atoms with Crippen LogP contribution in [0.3, 0.4) is 0 Å².